The highest BCUT2D eigenvalue weighted by atomic mass is 32.2. The fourth-order valence-electron chi connectivity index (χ4n) is 2.46. The highest BCUT2D eigenvalue weighted by Gasteiger charge is 2.39. The van der Waals surface area contributed by atoms with E-state index in [0.29, 0.717) is 6.04 Å². The third kappa shape index (κ3) is 3.08. The van der Waals surface area contributed by atoms with Gasteiger partial charge in [0.1, 0.15) is 4.75 Å². The van der Waals surface area contributed by atoms with Gasteiger partial charge < -0.3 is 4.55 Å². The van der Waals surface area contributed by atoms with Gasteiger partial charge in [-0.25, -0.2) is 0 Å². The fourth-order valence-corrected chi connectivity index (χ4v) is 3.92. The fraction of sp³-hybridized carbons (Fsp3) is 0.600. The SMILES string of the molecule is CC(C)(C)[S+]([O-])N1CCCC[C@@H]1c1ccccc1. The van der Waals surface area contributed by atoms with Crippen LogP contribution >= 0.6 is 0 Å². The van der Waals surface area contributed by atoms with Crippen molar-refractivity contribution in [3.8, 4) is 0 Å². The van der Waals surface area contributed by atoms with Crippen molar-refractivity contribution in [2.45, 2.75) is 50.8 Å². The van der Waals surface area contributed by atoms with Crippen molar-refractivity contribution in [2.75, 3.05) is 6.54 Å². The normalized spacial score (nSPS) is 23.9. The largest absolute Gasteiger partial charge is 0.597 e. The van der Waals surface area contributed by atoms with Crippen molar-refractivity contribution in [1.82, 2.24) is 4.31 Å². The molecule has 0 radical (unpaired) electrons. The molecule has 3 heteroatoms. The van der Waals surface area contributed by atoms with Gasteiger partial charge in [0.2, 0.25) is 0 Å². The maximum Gasteiger partial charge on any atom is 0.137 e. The lowest BCUT2D eigenvalue weighted by Crippen LogP contribution is -2.46. The molecule has 2 atom stereocenters. The molecule has 0 amide bonds. The van der Waals surface area contributed by atoms with Crippen LogP contribution in [-0.2, 0) is 11.4 Å². The molecule has 0 spiro atoms. The Morgan fingerprint density at radius 2 is 1.83 bits per heavy atom. The van der Waals surface area contributed by atoms with Gasteiger partial charge in [0, 0.05) is 17.9 Å². The average molecular weight is 265 g/mol. The van der Waals surface area contributed by atoms with Crippen LogP contribution in [0, 0.1) is 0 Å². The van der Waals surface area contributed by atoms with Crippen LogP contribution in [0.1, 0.15) is 51.6 Å². The van der Waals surface area contributed by atoms with E-state index >= 15 is 0 Å². The molecule has 2 nitrogen and oxygen atoms in total. The predicted octanol–water partition coefficient (Wildman–Crippen LogP) is 3.68. The van der Waals surface area contributed by atoms with Gasteiger partial charge >= 0.3 is 0 Å². The molecule has 0 saturated carbocycles. The van der Waals surface area contributed by atoms with Crippen LogP contribution in [0.4, 0.5) is 0 Å². The first kappa shape index (κ1) is 13.9. The number of hydrogen-bond donors (Lipinski definition) is 0. The molecule has 1 aliphatic rings. The summed E-state index contributed by atoms with van der Waals surface area (Å²) in [4.78, 5) is 0. The lowest BCUT2D eigenvalue weighted by Gasteiger charge is -2.40. The number of nitrogens with zero attached hydrogens (tertiary/aromatic N) is 1. The molecule has 2 rings (SSSR count). The zero-order valence-electron chi connectivity index (χ0n) is 11.6. The number of rotatable bonds is 2. The summed E-state index contributed by atoms with van der Waals surface area (Å²) < 4.78 is 14.7. The second-order valence-electron chi connectivity index (χ2n) is 5.92. The highest BCUT2D eigenvalue weighted by Crippen LogP contribution is 2.36. The molecule has 100 valence electrons. The van der Waals surface area contributed by atoms with Gasteiger partial charge in [0.25, 0.3) is 0 Å². The summed E-state index contributed by atoms with van der Waals surface area (Å²) in [5, 5.41) is 0. The first-order valence-corrected chi connectivity index (χ1v) is 7.84. The summed E-state index contributed by atoms with van der Waals surface area (Å²) in [6.45, 7) is 7.11. The Morgan fingerprint density at radius 3 is 2.44 bits per heavy atom. The van der Waals surface area contributed by atoms with Crippen LogP contribution in [0.3, 0.4) is 0 Å². The van der Waals surface area contributed by atoms with Gasteiger partial charge in [-0.2, -0.15) is 0 Å². The Morgan fingerprint density at radius 1 is 1.17 bits per heavy atom. The Hall–Kier alpha value is -0.510. The molecule has 1 saturated heterocycles. The van der Waals surface area contributed by atoms with Gasteiger partial charge in [-0.05, 0) is 45.6 Å². The van der Waals surface area contributed by atoms with Gasteiger partial charge in [-0.1, -0.05) is 30.3 Å². The van der Waals surface area contributed by atoms with E-state index in [0.717, 1.165) is 19.4 Å². The molecule has 18 heavy (non-hydrogen) atoms. The van der Waals surface area contributed by atoms with Crippen molar-refractivity contribution in [3.05, 3.63) is 35.9 Å². The van der Waals surface area contributed by atoms with Crippen molar-refractivity contribution >= 4 is 11.4 Å². The second-order valence-corrected chi connectivity index (χ2v) is 8.12. The van der Waals surface area contributed by atoms with E-state index in [1.165, 1.54) is 12.0 Å². The summed E-state index contributed by atoms with van der Waals surface area (Å²) >= 11 is -0.921. The summed E-state index contributed by atoms with van der Waals surface area (Å²) in [5.74, 6) is 0. The molecule has 1 heterocycles. The van der Waals surface area contributed by atoms with Gasteiger partial charge in [-0.15, -0.1) is 4.31 Å². The van der Waals surface area contributed by atoms with E-state index in [9.17, 15) is 4.55 Å². The minimum Gasteiger partial charge on any atom is -0.597 e. The van der Waals surface area contributed by atoms with Crippen molar-refractivity contribution in [3.63, 3.8) is 0 Å². The number of benzene rings is 1. The molecule has 1 fully saturated rings. The highest BCUT2D eigenvalue weighted by molar-refractivity contribution is 7.90. The summed E-state index contributed by atoms with van der Waals surface area (Å²) in [7, 11) is 0. The van der Waals surface area contributed by atoms with Gasteiger partial charge in [0.05, 0.1) is 6.04 Å². The first-order valence-electron chi connectivity index (χ1n) is 6.74. The van der Waals surface area contributed by atoms with E-state index in [-0.39, 0.29) is 4.75 Å². The van der Waals surface area contributed by atoms with Crippen LogP contribution in [0.5, 0.6) is 0 Å². The van der Waals surface area contributed by atoms with Crippen LogP contribution < -0.4 is 0 Å². The smallest absolute Gasteiger partial charge is 0.137 e. The summed E-state index contributed by atoms with van der Waals surface area (Å²) in [5.41, 5.74) is 1.30. The predicted molar refractivity (Wildman–Crippen MR) is 77.6 cm³/mol. The molecule has 0 bridgehead atoms. The molecule has 1 aromatic carbocycles. The van der Waals surface area contributed by atoms with Crippen molar-refractivity contribution in [1.29, 1.82) is 0 Å². The molecular weight excluding hydrogens is 242 g/mol. The zero-order chi connectivity index (χ0) is 13.2. The summed E-state index contributed by atoms with van der Waals surface area (Å²) in [6.07, 6.45) is 3.51. The van der Waals surface area contributed by atoms with Crippen molar-refractivity contribution in [2.24, 2.45) is 0 Å². The molecule has 0 aliphatic carbocycles. The summed E-state index contributed by atoms with van der Waals surface area (Å²) in [6, 6.07) is 10.8. The number of piperidine rings is 1. The van der Waals surface area contributed by atoms with Crippen molar-refractivity contribution < 1.29 is 4.55 Å². The first-order chi connectivity index (χ1) is 8.50. The van der Waals surface area contributed by atoms with E-state index in [2.05, 4.69) is 49.3 Å². The van der Waals surface area contributed by atoms with Crippen LogP contribution in [0.25, 0.3) is 0 Å². The molecule has 1 aliphatic heterocycles. The quantitative estimate of drug-likeness (QED) is 0.763. The van der Waals surface area contributed by atoms with Gasteiger partial charge in [0.15, 0.2) is 0 Å². The molecule has 1 aromatic rings. The maximum absolute atomic E-state index is 12.6. The lowest BCUT2D eigenvalue weighted by molar-refractivity contribution is 0.250. The Labute approximate surface area is 114 Å². The standard InChI is InChI=1S/C15H23NOS/c1-15(2,3)18(17)16-12-8-7-11-14(16)13-9-5-4-6-10-13/h4-6,9-10,14H,7-8,11-12H2,1-3H3/t14-,18?/m1/s1. The Bertz CT molecular complexity index is 374. The topological polar surface area (TPSA) is 26.3 Å². The zero-order valence-corrected chi connectivity index (χ0v) is 12.4. The maximum atomic E-state index is 12.6. The lowest BCUT2D eigenvalue weighted by atomic mass is 9.98. The van der Waals surface area contributed by atoms with Crippen LogP contribution in [-0.4, -0.2) is 20.1 Å². The van der Waals surface area contributed by atoms with E-state index in [4.69, 9.17) is 0 Å². The average Bonchev–Trinajstić information content (AvgIpc) is 2.38. The Kier molecular flexibility index (Phi) is 4.36. The minimum atomic E-state index is -0.921. The third-order valence-corrected chi connectivity index (χ3v) is 5.29. The third-order valence-electron chi connectivity index (χ3n) is 3.37. The second kappa shape index (κ2) is 5.64. The van der Waals surface area contributed by atoms with Crippen LogP contribution in [0.15, 0.2) is 30.3 Å². The molecule has 0 N–H and O–H groups in total. The molecule has 1 unspecified atom stereocenters. The Balaban J connectivity index is 2.22. The number of hydrogen-bond acceptors (Lipinski definition) is 2. The van der Waals surface area contributed by atoms with Crippen LogP contribution in [0.2, 0.25) is 0 Å². The van der Waals surface area contributed by atoms with Gasteiger partial charge in [-0.3, -0.25) is 0 Å². The molecular formula is C15H23NOS. The minimum absolute atomic E-state index is 0.176. The van der Waals surface area contributed by atoms with E-state index < -0.39 is 11.4 Å². The van der Waals surface area contributed by atoms with E-state index in [1.807, 2.05) is 6.07 Å². The van der Waals surface area contributed by atoms with E-state index in [1.54, 1.807) is 0 Å². The molecule has 0 aromatic heterocycles. The monoisotopic (exact) mass is 265 g/mol.